The third-order valence-corrected chi connectivity index (χ3v) is 4.08. The average molecular weight is 395 g/mol. The molecule has 0 bridgehead atoms. The van der Waals surface area contributed by atoms with Crippen LogP contribution in [0.1, 0.15) is 10.4 Å². The summed E-state index contributed by atoms with van der Waals surface area (Å²) in [7, 11) is 0. The lowest BCUT2D eigenvalue weighted by atomic mass is 10.0. The Labute approximate surface area is 127 Å². The molecule has 17 heavy (non-hydrogen) atoms. The standard InChI is InChI=1S/C13H8Br2Cl2/c14-9-6-4-8(5-7-9)10-2-1-3-11(15)12(10)13(16)17/h1-7,13H. The first-order valence-corrected chi connectivity index (χ1v) is 7.38. The first-order valence-electron chi connectivity index (χ1n) is 4.92. The predicted molar refractivity (Wildman–Crippen MR) is 81.7 cm³/mol. The van der Waals surface area contributed by atoms with Gasteiger partial charge in [0.15, 0.2) is 0 Å². The third-order valence-electron chi connectivity index (χ3n) is 2.43. The van der Waals surface area contributed by atoms with E-state index in [4.69, 9.17) is 23.2 Å². The van der Waals surface area contributed by atoms with Crippen molar-refractivity contribution >= 4 is 55.1 Å². The molecule has 4 heteroatoms. The zero-order valence-corrected chi connectivity index (χ0v) is 13.3. The van der Waals surface area contributed by atoms with E-state index < -0.39 is 4.84 Å². The Morgan fingerprint density at radius 2 is 1.53 bits per heavy atom. The van der Waals surface area contributed by atoms with Crippen molar-refractivity contribution < 1.29 is 0 Å². The number of hydrogen-bond acceptors (Lipinski definition) is 0. The van der Waals surface area contributed by atoms with Crippen molar-refractivity contribution in [2.75, 3.05) is 0 Å². The lowest BCUT2D eigenvalue weighted by molar-refractivity contribution is 1.32. The van der Waals surface area contributed by atoms with E-state index in [-0.39, 0.29) is 0 Å². The van der Waals surface area contributed by atoms with Crippen LogP contribution < -0.4 is 0 Å². The maximum atomic E-state index is 6.02. The maximum absolute atomic E-state index is 6.02. The Kier molecular flexibility index (Phi) is 4.53. The van der Waals surface area contributed by atoms with E-state index in [0.717, 1.165) is 25.6 Å². The van der Waals surface area contributed by atoms with E-state index in [0.29, 0.717) is 0 Å². The fourth-order valence-electron chi connectivity index (χ4n) is 1.64. The molecule has 0 heterocycles. The van der Waals surface area contributed by atoms with Gasteiger partial charge in [-0.15, -0.1) is 0 Å². The number of benzene rings is 2. The van der Waals surface area contributed by atoms with Gasteiger partial charge in [-0.25, -0.2) is 0 Å². The number of hydrogen-bond donors (Lipinski definition) is 0. The lowest BCUT2D eigenvalue weighted by Crippen LogP contribution is -1.90. The molecule has 2 aromatic rings. The maximum Gasteiger partial charge on any atom is 0.134 e. The molecule has 0 radical (unpaired) electrons. The molecular weight excluding hydrogens is 387 g/mol. The van der Waals surface area contributed by atoms with Crippen LogP contribution >= 0.6 is 55.1 Å². The van der Waals surface area contributed by atoms with Gasteiger partial charge in [-0.05, 0) is 29.3 Å². The Morgan fingerprint density at radius 3 is 2.12 bits per heavy atom. The molecule has 0 saturated carbocycles. The van der Waals surface area contributed by atoms with E-state index in [1.54, 1.807) is 0 Å². The molecule has 2 rings (SSSR count). The van der Waals surface area contributed by atoms with Crippen molar-refractivity contribution in [1.82, 2.24) is 0 Å². The number of rotatable bonds is 2. The molecule has 0 spiro atoms. The van der Waals surface area contributed by atoms with Crippen LogP contribution in [0.25, 0.3) is 11.1 Å². The monoisotopic (exact) mass is 392 g/mol. The largest absolute Gasteiger partial charge is 0.134 e. The quantitative estimate of drug-likeness (QED) is 0.520. The van der Waals surface area contributed by atoms with Crippen LogP contribution in [0, 0.1) is 0 Å². The van der Waals surface area contributed by atoms with Gasteiger partial charge in [0.25, 0.3) is 0 Å². The highest BCUT2D eigenvalue weighted by atomic mass is 79.9. The second-order valence-corrected chi connectivity index (χ2v) is 6.37. The number of halogens is 4. The SMILES string of the molecule is ClC(Cl)c1c(Br)cccc1-c1ccc(Br)cc1. The summed E-state index contributed by atoms with van der Waals surface area (Å²) in [5, 5.41) is 0. The van der Waals surface area contributed by atoms with Crippen LogP contribution in [0.3, 0.4) is 0 Å². The molecule has 0 fully saturated rings. The molecule has 0 saturated heterocycles. The van der Waals surface area contributed by atoms with Crippen LogP contribution in [-0.4, -0.2) is 0 Å². The topological polar surface area (TPSA) is 0 Å². The molecule has 0 amide bonds. The predicted octanol–water partition coefficient (Wildman–Crippen LogP) is 6.35. The van der Waals surface area contributed by atoms with Crippen molar-refractivity contribution in [3.63, 3.8) is 0 Å². The van der Waals surface area contributed by atoms with Crippen LogP contribution in [-0.2, 0) is 0 Å². The fourth-order valence-corrected chi connectivity index (χ4v) is 3.23. The first kappa shape index (κ1) is 13.4. The van der Waals surface area contributed by atoms with Crippen LogP contribution in [0.4, 0.5) is 0 Å². The van der Waals surface area contributed by atoms with Crippen LogP contribution in [0.2, 0.25) is 0 Å². The second kappa shape index (κ2) is 5.75. The van der Waals surface area contributed by atoms with Gasteiger partial charge in [-0.1, -0.05) is 79.3 Å². The summed E-state index contributed by atoms with van der Waals surface area (Å²) in [6.07, 6.45) is 0. The van der Waals surface area contributed by atoms with Gasteiger partial charge >= 0.3 is 0 Å². The summed E-state index contributed by atoms with van der Waals surface area (Å²) in [5.74, 6) is 0. The van der Waals surface area contributed by atoms with Crippen molar-refractivity contribution in [2.45, 2.75) is 4.84 Å². The van der Waals surface area contributed by atoms with Crippen LogP contribution in [0.15, 0.2) is 51.4 Å². The average Bonchev–Trinajstić information content (AvgIpc) is 2.29. The van der Waals surface area contributed by atoms with Crippen molar-refractivity contribution in [3.05, 3.63) is 57.0 Å². The molecule has 0 aliphatic carbocycles. The molecule has 0 N–H and O–H groups in total. The highest BCUT2D eigenvalue weighted by molar-refractivity contribution is 9.10. The highest BCUT2D eigenvalue weighted by Gasteiger charge is 2.14. The second-order valence-electron chi connectivity index (χ2n) is 3.51. The summed E-state index contributed by atoms with van der Waals surface area (Å²) in [5.41, 5.74) is 3.04. The third kappa shape index (κ3) is 3.05. The molecule has 0 unspecified atom stereocenters. The minimum absolute atomic E-state index is 0.552. The highest BCUT2D eigenvalue weighted by Crippen LogP contribution is 2.39. The van der Waals surface area contributed by atoms with E-state index in [9.17, 15) is 0 Å². The fraction of sp³-hybridized carbons (Fsp3) is 0.0769. The Balaban J connectivity index is 2.59. The van der Waals surface area contributed by atoms with Crippen LogP contribution in [0.5, 0.6) is 0 Å². The first-order chi connectivity index (χ1) is 8.09. The molecular formula is C13H8Br2Cl2. The molecule has 88 valence electrons. The van der Waals surface area contributed by atoms with E-state index in [1.807, 2.05) is 42.5 Å². The summed E-state index contributed by atoms with van der Waals surface area (Å²) in [6, 6.07) is 14.0. The minimum Gasteiger partial charge on any atom is -0.1000 e. The summed E-state index contributed by atoms with van der Waals surface area (Å²) < 4.78 is 1.97. The van der Waals surface area contributed by atoms with Gasteiger partial charge < -0.3 is 0 Å². The minimum atomic E-state index is -0.552. The van der Waals surface area contributed by atoms with Gasteiger partial charge in [0.05, 0.1) is 0 Å². The summed E-state index contributed by atoms with van der Waals surface area (Å²) in [6.45, 7) is 0. The Bertz CT molecular complexity index is 521. The van der Waals surface area contributed by atoms with Gasteiger partial charge in [0.2, 0.25) is 0 Å². The zero-order valence-electron chi connectivity index (χ0n) is 8.63. The summed E-state index contributed by atoms with van der Waals surface area (Å²) in [4.78, 5) is -0.552. The Hall–Kier alpha value is -0.0200. The Morgan fingerprint density at radius 1 is 0.882 bits per heavy atom. The van der Waals surface area contributed by atoms with E-state index in [2.05, 4.69) is 31.9 Å². The number of alkyl halides is 2. The van der Waals surface area contributed by atoms with Crippen molar-refractivity contribution in [2.24, 2.45) is 0 Å². The summed E-state index contributed by atoms with van der Waals surface area (Å²) >= 11 is 18.9. The molecule has 0 atom stereocenters. The van der Waals surface area contributed by atoms with Gasteiger partial charge in [-0.2, -0.15) is 0 Å². The molecule has 0 aromatic heterocycles. The lowest BCUT2D eigenvalue weighted by Gasteiger charge is -2.12. The normalized spacial score (nSPS) is 10.9. The van der Waals surface area contributed by atoms with Crippen molar-refractivity contribution in [3.8, 4) is 11.1 Å². The molecule has 0 nitrogen and oxygen atoms in total. The van der Waals surface area contributed by atoms with Crippen molar-refractivity contribution in [1.29, 1.82) is 0 Å². The van der Waals surface area contributed by atoms with Gasteiger partial charge in [-0.3, -0.25) is 0 Å². The molecule has 2 aromatic carbocycles. The molecule has 0 aliphatic heterocycles. The molecule has 0 aliphatic rings. The van der Waals surface area contributed by atoms with Gasteiger partial charge in [0.1, 0.15) is 4.84 Å². The van der Waals surface area contributed by atoms with E-state index >= 15 is 0 Å². The van der Waals surface area contributed by atoms with E-state index in [1.165, 1.54) is 0 Å². The van der Waals surface area contributed by atoms with Gasteiger partial charge in [0, 0.05) is 14.5 Å². The smallest absolute Gasteiger partial charge is 0.1000 e. The zero-order chi connectivity index (χ0) is 12.4.